The SMILES string of the molecule is CC(C)CN1CC2CN(Cc3n[nH]c4c3COCC4)CCN2C1=O. The van der Waals surface area contributed by atoms with Gasteiger partial charge in [0.15, 0.2) is 0 Å². The highest BCUT2D eigenvalue weighted by Gasteiger charge is 2.40. The van der Waals surface area contributed by atoms with Crippen molar-refractivity contribution in [1.82, 2.24) is 24.9 Å². The lowest BCUT2D eigenvalue weighted by molar-refractivity contribution is 0.104. The van der Waals surface area contributed by atoms with Crippen LogP contribution in [0.3, 0.4) is 0 Å². The molecule has 0 radical (unpaired) electrons. The van der Waals surface area contributed by atoms with Gasteiger partial charge < -0.3 is 14.5 Å². The summed E-state index contributed by atoms with van der Waals surface area (Å²) in [5.74, 6) is 0.516. The van der Waals surface area contributed by atoms with Crippen molar-refractivity contribution in [2.24, 2.45) is 5.92 Å². The molecule has 3 aliphatic heterocycles. The Labute approximate surface area is 142 Å². The fourth-order valence-corrected chi connectivity index (χ4v) is 4.09. The first-order valence-corrected chi connectivity index (χ1v) is 9.02. The fourth-order valence-electron chi connectivity index (χ4n) is 4.09. The molecule has 0 saturated carbocycles. The predicted octanol–water partition coefficient (Wildman–Crippen LogP) is 1.06. The monoisotopic (exact) mass is 333 g/mol. The van der Waals surface area contributed by atoms with Gasteiger partial charge in [0.05, 0.1) is 24.9 Å². The number of piperazine rings is 1. The standard InChI is InChI=1S/C17H27N5O2/c1-12(2)7-21-9-13-8-20(4-5-22(13)17(21)23)10-16-14-11-24-6-3-15(14)18-19-16/h12-13H,3-11H2,1-2H3,(H,18,19). The zero-order valence-corrected chi connectivity index (χ0v) is 14.6. The first-order chi connectivity index (χ1) is 11.6. The molecule has 0 bridgehead atoms. The van der Waals surface area contributed by atoms with E-state index in [4.69, 9.17) is 4.74 Å². The molecule has 4 rings (SSSR count). The maximum atomic E-state index is 12.5. The highest BCUT2D eigenvalue weighted by Crippen LogP contribution is 2.24. The van der Waals surface area contributed by atoms with Crippen molar-refractivity contribution in [3.63, 3.8) is 0 Å². The number of hydrogen-bond donors (Lipinski definition) is 1. The average molecular weight is 333 g/mol. The summed E-state index contributed by atoms with van der Waals surface area (Å²) in [5, 5.41) is 7.68. The van der Waals surface area contributed by atoms with E-state index in [2.05, 4.69) is 33.8 Å². The average Bonchev–Trinajstić information content (AvgIpc) is 3.09. The Hall–Kier alpha value is -1.60. The second kappa shape index (κ2) is 6.37. The number of fused-ring (bicyclic) bond motifs is 2. The molecular formula is C17H27N5O2. The zero-order chi connectivity index (χ0) is 16.7. The van der Waals surface area contributed by atoms with Gasteiger partial charge in [0.25, 0.3) is 0 Å². The lowest BCUT2D eigenvalue weighted by Gasteiger charge is -2.36. The molecule has 2 saturated heterocycles. The number of nitrogens with one attached hydrogen (secondary N) is 1. The van der Waals surface area contributed by atoms with E-state index in [9.17, 15) is 4.79 Å². The van der Waals surface area contributed by atoms with Gasteiger partial charge in [-0.2, -0.15) is 5.10 Å². The van der Waals surface area contributed by atoms with E-state index in [0.717, 1.165) is 58.0 Å². The van der Waals surface area contributed by atoms with Crippen LogP contribution in [0.2, 0.25) is 0 Å². The van der Waals surface area contributed by atoms with Gasteiger partial charge in [-0.1, -0.05) is 13.8 Å². The van der Waals surface area contributed by atoms with Crippen LogP contribution in [0, 0.1) is 5.92 Å². The topological polar surface area (TPSA) is 64.7 Å². The van der Waals surface area contributed by atoms with Crippen LogP contribution < -0.4 is 0 Å². The summed E-state index contributed by atoms with van der Waals surface area (Å²) in [7, 11) is 0. The number of aromatic amines is 1. The molecule has 24 heavy (non-hydrogen) atoms. The molecule has 2 amide bonds. The van der Waals surface area contributed by atoms with Crippen molar-refractivity contribution >= 4 is 6.03 Å². The first-order valence-electron chi connectivity index (χ1n) is 9.02. The Morgan fingerprint density at radius 2 is 2.21 bits per heavy atom. The fraction of sp³-hybridized carbons (Fsp3) is 0.765. The highest BCUT2D eigenvalue weighted by molar-refractivity contribution is 5.77. The summed E-state index contributed by atoms with van der Waals surface area (Å²) in [6.07, 6.45) is 0.928. The molecular weight excluding hydrogens is 306 g/mol. The van der Waals surface area contributed by atoms with Gasteiger partial charge in [-0.15, -0.1) is 0 Å². The number of H-pyrrole nitrogens is 1. The number of aromatic nitrogens is 2. The molecule has 1 unspecified atom stereocenters. The van der Waals surface area contributed by atoms with Crippen molar-refractivity contribution in [1.29, 1.82) is 0 Å². The van der Waals surface area contributed by atoms with Crippen LogP contribution in [0.25, 0.3) is 0 Å². The Morgan fingerprint density at radius 3 is 3.04 bits per heavy atom. The quantitative estimate of drug-likeness (QED) is 0.895. The number of amides is 2. The number of carbonyl (C=O) groups is 1. The van der Waals surface area contributed by atoms with E-state index < -0.39 is 0 Å². The van der Waals surface area contributed by atoms with Gasteiger partial charge in [-0.05, 0) is 5.92 Å². The summed E-state index contributed by atoms with van der Waals surface area (Å²) in [5.41, 5.74) is 3.59. The summed E-state index contributed by atoms with van der Waals surface area (Å²) in [6.45, 7) is 11.0. The molecule has 1 N–H and O–H groups in total. The summed E-state index contributed by atoms with van der Waals surface area (Å²) < 4.78 is 5.58. The molecule has 3 aliphatic rings. The molecule has 132 valence electrons. The lowest BCUT2D eigenvalue weighted by Crippen LogP contribution is -2.51. The molecule has 1 atom stereocenters. The molecule has 7 heteroatoms. The lowest BCUT2D eigenvalue weighted by atomic mass is 10.1. The summed E-state index contributed by atoms with van der Waals surface area (Å²) in [4.78, 5) is 19.0. The van der Waals surface area contributed by atoms with Gasteiger partial charge in [0.2, 0.25) is 0 Å². The molecule has 4 heterocycles. The molecule has 0 aromatic carbocycles. The number of nitrogens with zero attached hydrogens (tertiary/aromatic N) is 4. The maximum absolute atomic E-state index is 12.5. The second-order valence-corrected chi connectivity index (χ2v) is 7.59. The van der Waals surface area contributed by atoms with E-state index in [1.165, 1.54) is 11.3 Å². The van der Waals surface area contributed by atoms with Gasteiger partial charge >= 0.3 is 6.03 Å². The number of rotatable bonds is 4. The van der Waals surface area contributed by atoms with Crippen molar-refractivity contribution in [2.45, 2.75) is 39.5 Å². The van der Waals surface area contributed by atoms with Crippen LogP contribution in [-0.2, 0) is 24.3 Å². The van der Waals surface area contributed by atoms with Crippen LogP contribution in [0.5, 0.6) is 0 Å². The van der Waals surface area contributed by atoms with Crippen molar-refractivity contribution in [2.75, 3.05) is 39.3 Å². The van der Waals surface area contributed by atoms with E-state index in [1.807, 2.05) is 4.90 Å². The summed E-state index contributed by atoms with van der Waals surface area (Å²) >= 11 is 0. The molecule has 2 fully saturated rings. The molecule has 1 aromatic rings. The minimum absolute atomic E-state index is 0.221. The molecule has 7 nitrogen and oxygen atoms in total. The van der Waals surface area contributed by atoms with Crippen LogP contribution in [0.1, 0.15) is 30.8 Å². The summed E-state index contributed by atoms with van der Waals surface area (Å²) in [6, 6.07) is 0.537. The normalized spacial score (nSPS) is 24.6. The van der Waals surface area contributed by atoms with Crippen molar-refractivity contribution in [3.8, 4) is 0 Å². The minimum Gasteiger partial charge on any atom is -0.376 e. The van der Waals surface area contributed by atoms with Crippen LogP contribution in [0.4, 0.5) is 4.79 Å². The Balaban J connectivity index is 1.40. The van der Waals surface area contributed by atoms with Gasteiger partial charge in [-0.3, -0.25) is 10.00 Å². The van der Waals surface area contributed by atoms with Crippen LogP contribution >= 0.6 is 0 Å². The molecule has 1 aromatic heterocycles. The third-order valence-electron chi connectivity index (χ3n) is 5.25. The minimum atomic E-state index is 0.221. The third kappa shape index (κ3) is 2.91. The maximum Gasteiger partial charge on any atom is 0.320 e. The van der Waals surface area contributed by atoms with Gasteiger partial charge in [-0.25, -0.2) is 4.79 Å². The largest absolute Gasteiger partial charge is 0.376 e. The first kappa shape index (κ1) is 15.9. The number of urea groups is 1. The smallest absolute Gasteiger partial charge is 0.320 e. The van der Waals surface area contributed by atoms with E-state index >= 15 is 0 Å². The molecule has 0 aliphatic carbocycles. The van der Waals surface area contributed by atoms with Gasteiger partial charge in [0, 0.05) is 56.9 Å². The Morgan fingerprint density at radius 1 is 1.33 bits per heavy atom. The zero-order valence-electron chi connectivity index (χ0n) is 14.6. The van der Waals surface area contributed by atoms with E-state index in [1.54, 1.807) is 0 Å². The van der Waals surface area contributed by atoms with E-state index in [-0.39, 0.29) is 6.03 Å². The van der Waals surface area contributed by atoms with Crippen molar-refractivity contribution < 1.29 is 9.53 Å². The van der Waals surface area contributed by atoms with Gasteiger partial charge in [0.1, 0.15) is 0 Å². The second-order valence-electron chi connectivity index (χ2n) is 7.59. The molecule has 0 spiro atoms. The number of hydrogen-bond acceptors (Lipinski definition) is 4. The number of ether oxygens (including phenoxy) is 1. The van der Waals surface area contributed by atoms with E-state index in [0.29, 0.717) is 18.6 Å². The third-order valence-corrected chi connectivity index (χ3v) is 5.25. The van der Waals surface area contributed by atoms with Crippen LogP contribution in [-0.4, -0.2) is 76.3 Å². The highest BCUT2D eigenvalue weighted by atomic mass is 16.5. The Bertz CT molecular complexity index is 614. The predicted molar refractivity (Wildman–Crippen MR) is 89.5 cm³/mol. The van der Waals surface area contributed by atoms with Crippen molar-refractivity contribution in [3.05, 3.63) is 17.0 Å². The Kier molecular flexibility index (Phi) is 4.22. The number of carbonyl (C=O) groups excluding carboxylic acids is 1. The van der Waals surface area contributed by atoms with Crippen LogP contribution in [0.15, 0.2) is 0 Å².